The van der Waals surface area contributed by atoms with Crippen LogP contribution in [0.2, 0.25) is 0 Å². The minimum absolute atomic E-state index is 0.0900. The van der Waals surface area contributed by atoms with Crippen molar-refractivity contribution in [2.45, 2.75) is 38.6 Å². The third kappa shape index (κ3) is 3.81. The monoisotopic (exact) mass is 229 g/mol. The molecule has 16 heavy (non-hydrogen) atoms. The molecule has 0 bridgehead atoms. The SMILES string of the molecule is CCC1CCCCN1C(=O)COCC(=O)O. The van der Waals surface area contributed by atoms with Crippen LogP contribution in [0.3, 0.4) is 0 Å². The maximum Gasteiger partial charge on any atom is 0.329 e. The minimum Gasteiger partial charge on any atom is -0.480 e. The van der Waals surface area contributed by atoms with Gasteiger partial charge in [0.2, 0.25) is 5.91 Å². The summed E-state index contributed by atoms with van der Waals surface area (Å²) >= 11 is 0. The van der Waals surface area contributed by atoms with E-state index in [0.717, 1.165) is 32.2 Å². The molecule has 1 fully saturated rings. The average Bonchev–Trinajstić information content (AvgIpc) is 2.28. The molecule has 1 heterocycles. The molecule has 1 rings (SSSR count). The van der Waals surface area contributed by atoms with Crippen LogP contribution in [-0.4, -0.2) is 47.7 Å². The molecule has 1 N–H and O–H groups in total. The summed E-state index contributed by atoms with van der Waals surface area (Å²) in [7, 11) is 0. The minimum atomic E-state index is -1.04. The first-order valence-electron chi connectivity index (χ1n) is 5.74. The number of hydrogen-bond acceptors (Lipinski definition) is 3. The van der Waals surface area contributed by atoms with Crippen LogP contribution in [0.4, 0.5) is 0 Å². The van der Waals surface area contributed by atoms with Crippen molar-refractivity contribution in [1.29, 1.82) is 0 Å². The number of amides is 1. The smallest absolute Gasteiger partial charge is 0.329 e. The number of nitrogens with zero attached hydrogens (tertiary/aromatic N) is 1. The Morgan fingerprint density at radius 2 is 2.12 bits per heavy atom. The Morgan fingerprint density at radius 1 is 1.38 bits per heavy atom. The van der Waals surface area contributed by atoms with Gasteiger partial charge in [-0.1, -0.05) is 6.92 Å². The largest absolute Gasteiger partial charge is 0.480 e. The van der Waals surface area contributed by atoms with E-state index in [-0.39, 0.29) is 12.5 Å². The first kappa shape index (κ1) is 13.0. The molecule has 0 aliphatic carbocycles. The first-order valence-corrected chi connectivity index (χ1v) is 5.74. The standard InChI is InChI=1S/C11H19NO4/c1-2-9-5-3-4-6-12(9)10(13)7-16-8-11(14)15/h9H,2-8H2,1H3,(H,14,15). The van der Waals surface area contributed by atoms with Crippen molar-refractivity contribution < 1.29 is 19.4 Å². The quantitative estimate of drug-likeness (QED) is 0.760. The van der Waals surface area contributed by atoms with Crippen LogP contribution in [0.1, 0.15) is 32.6 Å². The molecule has 1 unspecified atom stereocenters. The zero-order valence-electron chi connectivity index (χ0n) is 9.65. The highest BCUT2D eigenvalue weighted by molar-refractivity contribution is 5.78. The van der Waals surface area contributed by atoms with E-state index in [1.54, 1.807) is 0 Å². The highest BCUT2D eigenvalue weighted by Crippen LogP contribution is 2.19. The Kier molecular flexibility index (Phi) is 5.25. The highest BCUT2D eigenvalue weighted by atomic mass is 16.5. The van der Waals surface area contributed by atoms with Gasteiger partial charge in [0.05, 0.1) is 0 Å². The predicted octanol–water partition coefficient (Wildman–Crippen LogP) is 0.879. The van der Waals surface area contributed by atoms with Gasteiger partial charge in [-0.25, -0.2) is 4.79 Å². The molecule has 0 aromatic carbocycles. The molecular formula is C11H19NO4. The van der Waals surface area contributed by atoms with Crippen molar-refractivity contribution >= 4 is 11.9 Å². The van der Waals surface area contributed by atoms with E-state index >= 15 is 0 Å². The van der Waals surface area contributed by atoms with Crippen LogP contribution < -0.4 is 0 Å². The second-order valence-corrected chi connectivity index (χ2v) is 4.03. The summed E-state index contributed by atoms with van der Waals surface area (Å²) < 4.78 is 4.81. The summed E-state index contributed by atoms with van der Waals surface area (Å²) in [5.74, 6) is -1.13. The van der Waals surface area contributed by atoms with Crippen molar-refractivity contribution in [3.8, 4) is 0 Å². The Bertz CT molecular complexity index is 254. The van der Waals surface area contributed by atoms with Crippen LogP contribution in [0.15, 0.2) is 0 Å². The summed E-state index contributed by atoms with van der Waals surface area (Å²) in [6.45, 7) is 2.31. The van der Waals surface area contributed by atoms with Gasteiger partial charge in [-0.3, -0.25) is 4.79 Å². The van der Waals surface area contributed by atoms with E-state index in [9.17, 15) is 9.59 Å². The van der Waals surface area contributed by atoms with Crippen LogP contribution >= 0.6 is 0 Å². The molecule has 1 aliphatic rings. The fourth-order valence-corrected chi connectivity index (χ4v) is 2.06. The fourth-order valence-electron chi connectivity index (χ4n) is 2.06. The number of carbonyl (C=O) groups excluding carboxylic acids is 1. The van der Waals surface area contributed by atoms with Crippen LogP contribution in [0.5, 0.6) is 0 Å². The third-order valence-electron chi connectivity index (χ3n) is 2.87. The lowest BCUT2D eigenvalue weighted by molar-refractivity contribution is -0.147. The normalized spacial score (nSPS) is 20.8. The van der Waals surface area contributed by atoms with Gasteiger partial charge in [0.1, 0.15) is 13.2 Å². The Balaban J connectivity index is 2.35. The summed E-state index contributed by atoms with van der Waals surface area (Å²) in [4.78, 5) is 23.8. The average molecular weight is 229 g/mol. The molecule has 0 spiro atoms. The lowest BCUT2D eigenvalue weighted by Gasteiger charge is -2.35. The summed E-state index contributed by atoms with van der Waals surface area (Å²) in [6.07, 6.45) is 4.19. The van der Waals surface area contributed by atoms with E-state index in [1.165, 1.54) is 0 Å². The molecule has 1 saturated heterocycles. The van der Waals surface area contributed by atoms with Gasteiger partial charge in [0.15, 0.2) is 0 Å². The second kappa shape index (κ2) is 6.48. The Morgan fingerprint density at radius 3 is 2.75 bits per heavy atom. The van der Waals surface area contributed by atoms with Crippen molar-refractivity contribution in [3.63, 3.8) is 0 Å². The van der Waals surface area contributed by atoms with Gasteiger partial charge in [-0.05, 0) is 25.7 Å². The summed E-state index contributed by atoms with van der Waals surface area (Å²) in [5, 5.41) is 8.38. The highest BCUT2D eigenvalue weighted by Gasteiger charge is 2.25. The molecule has 1 aliphatic heterocycles. The van der Waals surface area contributed by atoms with Gasteiger partial charge < -0.3 is 14.7 Å². The second-order valence-electron chi connectivity index (χ2n) is 4.03. The number of carboxylic acids is 1. The van der Waals surface area contributed by atoms with Crippen molar-refractivity contribution in [3.05, 3.63) is 0 Å². The molecule has 0 saturated carbocycles. The van der Waals surface area contributed by atoms with E-state index in [2.05, 4.69) is 6.92 Å². The molecule has 92 valence electrons. The topological polar surface area (TPSA) is 66.8 Å². The van der Waals surface area contributed by atoms with Crippen LogP contribution in [0.25, 0.3) is 0 Å². The number of likely N-dealkylation sites (tertiary alicyclic amines) is 1. The third-order valence-corrected chi connectivity index (χ3v) is 2.87. The Labute approximate surface area is 95.4 Å². The molecular weight excluding hydrogens is 210 g/mol. The first-order chi connectivity index (χ1) is 7.65. The van der Waals surface area contributed by atoms with Crippen LogP contribution in [0, 0.1) is 0 Å². The zero-order chi connectivity index (χ0) is 12.0. The van der Waals surface area contributed by atoms with E-state index in [0.29, 0.717) is 6.04 Å². The van der Waals surface area contributed by atoms with E-state index < -0.39 is 12.6 Å². The summed E-state index contributed by atoms with van der Waals surface area (Å²) in [5.41, 5.74) is 0. The molecule has 0 aromatic rings. The maximum atomic E-state index is 11.8. The number of hydrogen-bond donors (Lipinski definition) is 1. The van der Waals surface area contributed by atoms with Crippen molar-refractivity contribution in [2.75, 3.05) is 19.8 Å². The number of rotatable bonds is 5. The molecule has 1 atom stereocenters. The van der Waals surface area contributed by atoms with Gasteiger partial charge in [0, 0.05) is 12.6 Å². The van der Waals surface area contributed by atoms with E-state index in [4.69, 9.17) is 9.84 Å². The number of carbonyl (C=O) groups is 2. The summed E-state index contributed by atoms with van der Waals surface area (Å²) in [6, 6.07) is 0.301. The predicted molar refractivity (Wildman–Crippen MR) is 58.1 cm³/mol. The zero-order valence-corrected chi connectivity index (χ0v) is 9.65. The van der Waals surface area contributed by atoms with Crippen LogP contribution in [-0.2, 0) is 14.3 Å². The molecule has 0 aromatic heterocycles. The number of ether oxygens (including phenoxy) is 1. The Hall–Kier alpha value is -1.10. The van der Waals surface area contributed by atoms with Crippen molar-refractivity contribution in [2.24, 2.45) is 0 Å². The lowest BCUT2D eigenvalue weighted by atomic mass is 10.00. The molecule has 1 amide bonds. The van der Waals surface area contributed by atoms with Gasteiger partial charge in [-0.15, -0.1) is 0 Å². The van der Waals surface area contributed by atoms with Gasteiger partial charge >= 0.3 is 5.97 Å². The number of aliphatic carboxylic acids is 1. The fraction of sp³-hybridized carbons (Fsp3) is 0.818. The van der Waals surface area contributed by atoms with E-state index in [1.807, 2.05) is 4.90 Å². The molecule has 0 radical (unpaired) electrons. The van der Waals surface area contributed by atoms with Gasteiger partial charge in [0.25, 0.3) is 0 Å². The number of piperidine rings is 1. The van der Waals surface area contributed by atoms with Crippen molar-refractivity contribution in [1.82, 2.24) is 4.90 Å². The number of carboxylic acid groups (broad SMARTS) is 1. The molecule has 5 heteroatoms. The maximum absolute atomic E-state index is 11.8. The van der Waals surface area contributed by atoms with Gasteiger partial charge in [-0.2, -0.15) is 0 Å². The lowest BCUT2D eigenvalue weighted by Crippen LogP contribution is -2.45. The molecule has 5 nitrogen and oxygen atoms in total.